The molecule has 1 N–H and O–H groups in total. The van der Waals surface area contributed by atoms with Gasteiger partial charge in [0.1, 0.15) is 11.0 Å². The first-order valence-corrected chi connectivity index (χ1v) is 9.39. The van der Waals surface area contributed by atoms with Crippen LogP contribution in [-0.2, 0) is 16.0 Å². The minimum absolute atomic E-state index is 0.0526. The van der Waals surface area contributed by atoms with Crippen LogP contribution in [-0.4, -0.2) is 47.0 Å². The number of carbonyl (C=O) groups excluding carboxylic acids is 2. The third-order valence-electron chi connectivity index (χ3n) is 4.31. The Morgan fingerprint density at radius 1 is 1.26 bits per heavy atom. The summed E-state index contributed by atoms with van der Waals surface area (Å²) in [4.78, 5) is 28.8. The fourth-order valence-electron chi connectivity index (χ4n) is 3.01. The van der Waals surface area contributed by atoms with E-state index >= 15 is 0 Å². The fourth-order valence-corrected chi connectivity index (χ4v) is 3.87. The lowest BCUT2D eigenvalue weighted by atomic mass is 10.2. The zero-order valence-electron chi connectivity index (χ0n) is 14.3. The number of hydrogen-bond acceptors (Lipinski definition) is 4. The Hall–Kier alpha value is -2.42. The van der Waals surface area contributed by atoms with Crippen molar-refractivity contribution in [3.05, 3.63) is 41.4 Å². The molecule has 1 aliphatic heterocycles. The fraction of sp³-hybridized carbons (Fsp3) is 0.389. The molecule has 9 heteroatoms. The van der Waals surface area contributed by atoms with Crippen molar-refractivity contribution in [1.82, 2.24) is 15.2 Å². The van der Waals surface area contributed by atoms with Crippen molar-refractivity contribution in [3.63, 3.8) is 0 Å². The third-order valence-corrected chi connectivity index (χ3v) is 5.25. The molecule has 2 heterocycles. The number of benzene rings is 1. The summed E-state index contributed by atoms with van der Waals surface area (Å²) >= 11 is 1.49. The number of nitrogens with zero attached hydrogens (tertiary/aromatic N) is 2. The summed E-state index contributed by atoms with van der Waals surface area (Å²) in [5.41, 5.74) is 1.80. The minimum Gasteiger partial charge on any atom is -0.354 e. The molecular formula is C18H18F3N3O2S. The third kappa shape index (κ3) is 4.65. The molecule has 1 aromatic carbocycles. The van der Waals surface area contributed by atoms with Crippen molar-refractivity contribution in [2.24, 2.45) is 0 Å². The standard InChI is InChI=1S/C18H18F3N3O2S/c19-18(20,21)17(26)24-10-4-7-14(24)15(25)22-9-8-13-11-27-16(23-13)12-5-2-1-3-6-12/h1-3,5-6,11,14H,4,7-10H2,(H,22,25). The summed E-state index contributed by atoms with van der Waals surface area (Å²) in [6, 6.07) is 8.62. The molecule has 2 amide bonds. The van der Waals surface area contributed by atoms with Gasteiger partial charge in [-0.05, 0) is 12.8 Å². The maximum atomic E-state index is 12.6. The highest BCUT2D eigenvalue weighted by Gasteiger charge is 2.47. The van der Waals surface area contributed by atoms with Crippen LogP contribution in [0.1, 0.15) is 18.5 Å². The number of alkyl halides is 3. The zero-order valence-corrected chi connectivity index (χ0v) is 15.1. The molecule has 1 aliphatic rings. The first-order chi connectivity index (χ1) is 12.9. The van der Waals surface area contributed by atoms with E-state index < -0.39 is 24.0 Å². The molecule has 2 aromatic rings. The van der Waals surface area contributed by atoms with E-state index in [0.717, 1.165) is 16.3 Å². The van der Waals surface area contributed by atoms with E-state index in [-0.39, 0.29) is 19.5 Å². The van der Waals surface area contributed by atoms with Gasteiger partial charge in [-0.2, -0.15) is 13.2 Å². The summed E-state index contributed by atoms with van der Waals surface area (Å²) in [7, 11) is 0. The van der Waals surface area contributed by atoms with E-state index in [1.807, 2.05) is 35.7 Å². The number of halogens is 3. The van der Waals surface area contributed by atoms with E-state index in [0.29, 0.717) is 17.7 Å². The number of rotatable bonds is 5. The minimum atomic E-state index is -4.96. The highest BCUT2D eigenvalue weighted by molar-refractivity contribution is 7.13. The molecule has 0 aliphatic carbocycles. The Kier molecular flexibility index (Phi) is 5.79. The lowest BCUT2D eigenvalue weighted by molar-refractivity contribution is -0.186. The Morgan fingerprint density at radius 3 is 2.70 bits per heavy atom. The molecule has 0 saturated carbocycles. The normalized spacial score (nSPS) is 17.1. The summed E-state index contributed by atoms with van der Waals surface area (Å²) in [5, 5.41) is 5.39. The van der Waals surface area contributed by atoms with Gasteiger partial charge in [-0.1, -0.05) is 30.3 Å². The molecule has 1 atom stereocenters. The average molecular weight is 397 g/mol. The van der Waals surface area contributed by atoms with Gasteiger partial charge in [-0.15, -0.1) is 11.3 Å². The van der Waals surface area contributed by atoms with Crippen LogP contribution in [0.5, 0.6) is 0 Å². The van der Waals surface area contributed by atoms with Crippen LogP contribution in [0.2, 0.25) is 0 Å². The van der Waals surface area contributed by atoms with Gasteiger partial charge in [-0.3, -0.25) is 9.59 Å². The number of thiazole rings is 1. The smallest absolute Gasteiger partial charge is 0.354 e. The maximum absolute atomic E-state index is 12.6. The number of carbonyl (C=O) groups is 2. The van der Waals surface area contributed by atoms with Crippen LogP contribution >= 0.6 is 11.3 Å². The van der Waals surface area contributed by atoms with Crippen LogP contribution < -0.4 is 5.32 Å². The SMILES string of the molecule is O=C(NCCc1csc(-c2ccccc2)n1)C1CCCN1C(=O)C(F)(F)F. The Balaban J connectivity index is 1.52. The summed E-state index contributed by atoms with van der Waals surface area (Å²) in [5.74, 6) is -2.50. The van der Waals surface area contributed by atoms with E-state index in [4.69, 9.17) is 0 Å². The van der Waals surface area contributed by atoms with E-state index in [9.17, 15) is 22.8 Å². The van der Waals surface area contributed by atoms with Gasteiger partial charge < -0.3 is 10.2 Å². The molecule has 5 nitrogen and oxygen atoms in total. The molecule has 1 unspecified atom stereocenters. The molecule has 1 fully saturated rings. The van der Waals surface area contributed by atoms with Crippen molar-refractivity contribution < 1.29 is 22.8 Å². The summed E-state index contributed by atoms with van der Waals surface area (Å²) < 4.78 is 37.9. The Labute approximate surface area is 158 Å². The maximum Gasteiger partial charge on any atom is 0.471 e. The zero-order chi connectivity index (χ0) is 19.4. The van der Waals surface area contributed by atoms with Gasteiger partial charge >= 0.3 is 12.1 Å². The molecule has 27 heavy (non-hydrogen) atoms. The van der Waals surface area contributed by atoms with Crippen molar-refractivity contribution in [2.75, 3.05) is 13.1 Å². The van der Waals surface area contributed by atoms with Crippen LogP contribution in [0.25, 0.3) is 10.6 Å². The summed E-state index contributed by atoms with van der Waals surface area (Å²) in [6.45, 7) is 0.199. The second kappa shape index (κ2) is 8.08. The first kappa shape index (κ1) is 19.3. The van der Waals surface area contributed by atoms with Crippen molar-refractivity contribution in [3.8, 4) is 10.6 Å². The lowest BCUT2D eigenvalue weighted by Gasteiger charge is -2.24. The molecule has 3 rings (SSSR count). The second-order valence-electron chi connectivity index (χ2n) is 6.21. The predicted molar refractivity (Wildman–Crippen MR) is 95.1 cm³/mol. The van der Waals surface area contributed by atoms with Gasteiger partial charge in [0.05, 0.1) is 5.69 Å². The molecule has 0 bridgehead atoms. The number of amides is 2. The Morgan fingerprint density at radius 2 is 2.00 bits per heavy atom. The molecule has 1 aromatic heterocycles. The van der Waals surface area contributed by atoms with Crippen LogP contribution in [0, 0.1) is 0 Å². The van der Waals surface area contributed by atoms with Gasteiger partial charge in [-0.25, -0.2) is 4.98 Å². The van der Waals surface area contributed by atoms with Crippen LogP contribution in [0.15, 0.2) is 35.7 Å². The molecule has 0 radical (unpaired) electrons. The van der Waals surface area contributed by atoms with Crippen molar-refractivity contribution >= 4 is 23.2 Å². The first-order valence-electron chi connectivity index (χ1n) is 8.51. The predicted octanol–water partition coefficient (Wildman–Crippen LogP) is 3.02. The monoisotopic (exact) mass is 397 g/mol. The van der Waals surface area contributed by atoms with Gasteiger partial charge in [0.2, 0.25) is 5.91 Å². The number of aromatic nitrogens is 1. The van der Waals surface area contributed by atoms with E-state index in [1.54, 1.807) is 0 Å². The molecule has 1 saturated heterocycles. The molecular weight excluding hydrogens is 379 g/mol. The van der Waals surface area contributed by atoms with Crippen molar-refractivity contribution in [1.29, 1.82) is 0 Å². The Bertz CT molecular complexity index is 808. The van der Waals surface area contributed by atoms with E-state index in [2.05, 4.69) is 10.3 Å². The highest BCUT2D eigenvalue weighted by atomic mass is 32.1. The van der Waals surface area contributed by atoms with Crippen LogP contribution in [0.3, 0.4) is 0 Å². The van der Waals surface area contributed by atoms with Gasteiger partial charge in [0.15, 0.2) is 0 Å². The average Bonchev–Trinajstić information content (AvgIpc) is 3.30. The molecule has 0 spiro atoms. The number of hydrogen-bond donors (Lipinski definition) is 1. The van der Waals surface area contributed by atoms with Crippen LogP contribution in [0.4, 0.5) is 13.2 Å². The highest BCUT2D eigenvalue weighted by Crippen LogP contribution is 2.26. The van der Waals surface area contributed by atoms with Gasteiger partial charge in [0, 0.05) is 30.5 Å². The largest absolute Gasteiger partial charge is 0.471 e. The second-order valence-corrected chi connectivity index (χ2v) is 7.06. The summed E-state index contributed by atoms with van der Waals surface area (Å²) in [6.07, 6.45) is -3.87. The topological polar surface area (TPSA) is 62.3 Å². The quantitative estimate of drug-likeness (QED) is 0.844. The van der Waals surface area contributed by atoms with Crippen molar-refractivity contribution in [2.45, 2.75) is 31.5 Å². The lowest BCUT2D eigenvalue weighted by Crippen LogP contribution is -2.50. The number of likely N-dealkylation sites (tertiary alicyclic amines) is 1. The van der Waals surface area contributed by atoms with E-state index in [1.165, 1.54) is 11.3 Å². The molecule has 144 valence electrons. The number of nitrogens with one attached hydrogen (secondary N) is 1. The van der Waals surface area contributed by atoms with Gasteiger partial charge in [0.25, 0.3) is 0 Å².